The molecule has 0 saturated carbocycles. The molecule has 2 heterocycles. The largest absolute Gasteiger partial charge is 0.481 e. The van der Waals surface area contributed by atoms with Gasteiger partial charge >= 0.3 is 5.97 Å². The Morgan fingerprint density at radius 1 is 1.28 bits per heavy atom. The van der Waals surface area contributed by atoms with Crippen molar-refractivity contribution in [2.75, 3.05) is 13.1 Å². The summed E-state index contributed by atoms with van der Waals surface area (Å²) in [7, 11) is 0. The Labute approximate surface area is 147 Å². The molecule has 6 nitrogen and oxygen atoms in total. The Kier molecular flexibility index (Phi) is 5.81. The Hall–Kier alpha value is -2.21. The second kappa shape index (κ2) is 8.25. The molecule has 1 aromatic heterocycles. The summed E-state index contributed by atoms with van der Waals surface area (Å²) in [6, 6.07) is 8.22. The predicted octanol–water partition coefficient (Wildman–Crippen LogP) is 3.38. The number of hydrogen-bond donors (Lipinski definition) is 1. The summed E-state index contributed by atoms with van der Waals surface area (Å²) in [4.78, 5) is 17.7. The molecule has 0 amide bonds. The minimum atomic E-state index is -0.700. The summed E-state index contributed by atoms with van der Waals surface area (Å²) >= 11 is 0. The number of carboxylic acids is 1. The smallest absolute Gasteiger partial charge is 0.303 e. The summed E-state index contributed by atoms with van der Waals surface area (Å²) in [6.07, 6.45) is 4.17. The van der Waals surface area contributed by atoms with Gasteiger partial charge in [0, 0.05) is 12.0 Å². The lowest BCUT2D eigenvalue weighted by Gasteiger charge is -2.17. The van der Waals surface area contributed by atoms with Gasteiger partial charge < -0.3 is 9.63 Å². The number of aryl methyl sites for hydroxylation is 1. The van der Waals surface area contributed by atoms with E-state index in [1.54, 1.807) is 0 Å². The van der Waals surface area contributed by atoms with Gasteiger partial charge in [0.1, 0.15) is 0 Å². The van der Waals surface area contributed by atoms with Crippen molar-refractivity contribution in [1.29, 1.82) is 0 Å². The molecule has 1 aromatic carbocycles. The standard InChI is InChI=1S/C19H25N3O3/c1-2-14-5-7-16(8-6-14)19-20-17(25-21-19)13-22-10-3-4-15(9-11-22)12-18(23)24/h5-8,15H,2-4,9-13H2,1H3,(H,23,24)/t15-/m0/s1. The summed E-state index contributed by atoms with van der Waals surface area (Å²) in [5, 5.41) is 13.1. The lowest BCUT2D eigenvalue weighted by Crippen LogP contribution is -2.24. The van der Waals surface area contributed by atoms with Crippen LogP contribution in [0.25, 0.3) is 11.4 Å². The van der Waals surface area contributed by atoms with Crippen LogP contribution in [-0.2, 0) is 17.8 Å². The van der Waals surface area contributed by atoms with E-state index in [0.29, 0.717) is 18.3 Å². The van der Waals surface area contributed by atoms with Crippen LogP contribution in [0.3, 0.4) is 0 Å². The molecule has 0 aliphatic carbocycles. The second-order valence-corrected chi connectivity index (χ2v) is 6.73. The molecule has 0 bridgehead atoms. The third kappa shape index (κ3) is 4.89. The first-order valence-electron chi connectivity index (χ1n) is 9.00. The van der Waals surface area contributed by atoms with Crippen LogP contribution in [0.2, 0.25) is 0 Å². The first-order valence-corrected chi connectivity index (χ1v) is 9.00. The second-order valence-electron chi connectivity index (χ2n) is 6.73. The number of carboxylic acid groups (broad SMARTS) is 1. The number of carbonyl (C=O) groups is 1. The van der Waals surface area contributed by atoms with Gasteiger partial charge in [0.15, 0.2) is 0 Å². The summed E-state index contributed by atoms with van der Waals surface area (Å²) in [5.74, 6) is 0.814. The fourth-order valence-corrected chi connectivity index (χ4v) is 3.35. The molecular weight excluding hydrogens is 318 g/mol. The monoisotopic (exact) mass is 343 g/mol. The first kappa shape index (κ1) is 17.6. The number of rotatable bonds is 6. The van der Waals surface area contributed by atoms with Crippen molar-refractivity contribution in [3.05, 3.63) is 35.7 Å². The maximum absolute atomic E-state index is 10.9. The Bertz CT molecular complexity index is 696. The molecule has 134 valence electrons. The molecule has 0 spiro atoms. The van der Waals surface area contributed by atoms with Crippen molar-refractivity contribution in [3.8, 4) is 11.4 Å². The van der Waals surface area contributed by atoms with E-state index in [9.17, 15) is 4.79 Å². The first-order chi connectivity index (χ1) is 12.1. The van der Waals surface area contributed by atoms with Crippen molar-refractivity contribution >= 4 is 5.97 Å². The maximum atomic E-state index is 10.9. The van der Waals surface area contributed by atoms with E-state index in [4.69, 9.17) is 9.63 Å². The van der Waals surface area contributed by atoms with Gasteiger partial charge in [0.25, 0.3) is 0 Å². The van der Waals surface area contributed by atoms with E-state index in [0.717, 1.165) is 44.3 Å². The Morgan fingerprint density at radius 3 is 2.80 bits per heavy atom. The molecule has 25 heavy (non-hydrogen) atoms. The van der Waals surface area contributed by atoms with Gasteiger partial charge in [-0.1, -0.05) is 36.3 Å². The van der Waals surface area contributed by atoms with E-state index in [2.05, 4.69) is 34.1 Å². The van der Waals surface area contributed by atoms with Crippen LogP contribution in [-0.4, -0.2) is 39.2 Å². The third-order valence-corrected chi connectivity index (χ3v) is 4.85. The number of aliphatic carboxylic acids is 1. The van der Waals surface area contributed by atoms with Gasteiger partial charge in [-0.25, -0.2) is 0 Å². The summed E-state index contributed by atoms with van der Waals surface area (Å²) in [5.41, 5.74) is 2.25. The molecule has 0 unspecified atom stereocenters. The fourth-order valence-electron chi connectivity index (χ4n) is 3.35. The molecule has 1 aliphatic rings. The molecule has 1 aliphatic heterocycles. The van der Waals surface area contributed by atoms with Gasteiger partial charge in [-0.05, 0) is 50.3 Å². The highest BCUT2D eigenvalue weighted by Crippen LogP contribution is 2.22. The van der Waals surface area contributed by atoms with Gasteiger partial charge in [-0.15, -0.1) is 0 Å². The van der Waals surface area contributed by atoms with Crippen LogP contribution in [0.5, 0.6) is 0 Å². The zero-order valence-corrected chi connectivity index (χ0v) is 14.6. The number of benzene rings is 1. The van der Waals surface area contributed by atoms with Crippen molar-refractivity contribution in [2.45, 2.75) is 45.6 Å². The van der Waals surface area contributed by atoms with Gasteiger partial charge in [0.2, 0.25) is 11.7 Å². The quantitative estimate of drug-likeness (QED) is 0.866. The molecule has 2 aromatic rings. The van der Waals surface area contributed by atoms with Gasteiger partial charge in [0.05, 0.1) is 6.54 Å². The minimum absolute atomic E-state index is 0.270. The van der Waals surface area contributed by atoms with Gasteiger partial charge in [-0.3, -0.25) is 9.69 Å². The Balaban J connectivity index is 1.58. The number of hydrogen-bond acceptors (Lipinski definition) is 5. The highest BCUT2D eigenvalue weighted by atomic mass is 16.5. The predicted molar refractivity (Wildman–Crippen MR) is 94.0 cm³/mol. The van der Waals surface area contributed by atoms with E-state index in [-0.39, 0.29) is 12.3 Å². The van der Waals surface area contributed by atoms with E-state index >= 15 is 0 Å². The highest BCUT2D eigenvalue weighted by molar-refractivity contribution is 5.67. The number of nitrogens with zero attached hydrogens (tertiary/aromatic N) is 3. The molecular formula is C19H25N3O3. The summed E-state index contributed by atoms with van der Waals surface area (Å²) in [6.45, 7) is 4.57. The number of likely N-dealkylation sites (tertiary alicyclic amines) is 1. The molecule has 1 N–H and O–H groups in total. The molecule has 1 fully saturated rings. The lowest BCUT2D eigenvalue weighted by molar-refractivity contribution is -0.138. The van der Waals surface area contributed by atoms with Crippen molar-refractivity contribution in [3.63, 3.8) is 0 Å². The van der Waals surface area contributed by atoms with Crippen LogP contribution in [0, 0.1) is 5.92 Å². The third-order valence-electron chi connectivity index (χ3n) is 4.85. The molecule has 6 heteroatoms. The van der Waals surface area contributed by atoms with Crippen LogP contribution in [0.1, 0.15) is 44.1 Å². The molecule has 3 rings (SSSR count). The SMILES string of the molecule is CCc1ccc(-c2noc(CN3CCC[C@H](CC(=O)O)CC3)n2)cc1. The van der Waals surface area contributed by atoms with Crippen LogP contribution >= 0.6 is 0 Å². The molecule has 0 radical (unpaired) electrons. The van der Waals surface area contributed by atoms with Crippen LogP contribution in [0.15, 0.2) is 28.8 Å². The zero-order valence-electron chi connectivity index (χ0n) is 14.6. The topological polar surface area (TPSA) is 79.5 Å². The molecule has 1 saturated heterocycles. The fraction of sp³-hybridized carbons (Fsp3) is 0.526. The molecule has 1 atom stereocenters. The van der Waals surface area contributed by atoms with E-state index in [1.807, 2.05) is 12.1 Å². The van der Waals surface area contributed by atoms with E-state index < -0.39 is 5.97 Å². The van der Waals surface area contributed by atoms with Crippen LogP contribution < -0.4 is 0 Å². The maximum Gasteiger partial charge on any atom is 0.303 e. The highest BCUT2D eigenvalue weighted by Gasteiger charge is 2.21. The minimum Gasteiger partial charge on any atom is -0.481 e. The number of aromatic nitrogens is 2. The zero-order chi connectivity index (χ0) is 17.6. The normalized spacial score (nSPS) is 18.8. The summed E-state index contributed by atoms with van der Waals surface area (Å²) < 4.78 is 5.41. The van der Waals surface area contributed by atoms with Crippen LogP contribution in [0.4, 0.5) is 0 Å². The average molecular weight is 343 g/mol. The van der Waals surface area contributed by atoms with Crippen molar-refractivity contribution < 1.29 is 14.4 Å². The van der Waals surface area contributed by atoms with Crippen molar-refractivity contribution in [2.24, 2.45) is 5.92 Å². The lowest BCUT2D eigenvalue weighted by atomic mass is 9.97. The average Bonchev–Trinajstić information content (AvgIpc) is 2.96. The van der Waals surface area contributed by atoms with E-state index in [1.165, 1.54) is 5.56 Å². The Morgan fingerprint density at radius 2 is 2.08 bits per heavy atom. The van der Waals surface area contributed by atoms with Crippen molar-refractivity contribution in [1.82, 2.24) is 15.0 Å². The van der Waals surface area contributed by atoms with Gasteiger partial charge in [-0.2, -0.15) is 4.98 Å².